The van der Waals surface area contributed by atoms with Crippen LogP contribution in [-0.4, -0.2) is 101 Å². The average molecular weight is 383 g/mol. The summed E-state index contributed by atoms with van der Waals surface area (Å²) < 4.78 is 35.1. The van der Waals surface area contributed by atoms with Crippen LogP contribution in [-0.2, 0) is 23.7 Å². The van der Waals surface area contributed by atoms with Gasteiger partial charge in [0.05, 0.1) is 12.7 Å². The number of hydrogen-bond acceptors (Lipinski definition) is 9. The zero-order chi connectivity index (χ0) is 19.6. The van der Waals surface area contributed by atoms with E-state index in [0.29, 0.717) is 0 Å². The third kappa shape index (κ3) is 4.31. The summed E-state index contributed by atoms with van der Waals surface area (Å²) in [5.41, 5.74) is 0. The zero-order valence-corrected chi connectivity index (χ0v) is 14.7. The number of methoxy groups -OCH3 is 1. The Bertz CT molecular complexity index is 484. The highest BCUT2D eigenvalue weighted by molar-refractivity contribution is 5.73. The Labute approximate surface area is 149 Å². The summed E-state index contributed by atoms with van der Waals surface area (Å²) in [5.74, 6) is -0.466. The molecule has 0 bridgehead atoms. The van der Waals surface area contributed by atoms with Gasteiger partial charge in [-0.25, -0.2) is 4.39 Å². The van der Waals surface area contributed by atoms with Crippen LogP contribution in [0.1, 0.15) is 13.8 Å². The fourth-order valence-corrected chi connectivity index (χ4v) is 3.08. The number of carbonyl (C=O) groups is 1. The second-order valence-corrected chi connectivity index (χ2v) is 6.41. The van der Waals surface area contributed by atoms with E-state index < -0.39 is 73.9 Å². The lowest BCUT2D eigenvalue weighted by atomic mass is 9.95. The van der Waals surface area contributed by atoms with Gasteiger partial charge in [-0.15, -0.1) is 0 Å². The maximum absolute atomic E-state index is 13.8. The smallest absolute Gasteiger partial charge is 0.217 e. The predicted molar refractivity (Wildman–Crippen MR) is 82.5 cm³/mol. The Balaban J connectivity index is 2.23. The van der Waals surface area contributed by atoms with Crippen LogP contribution >= 0.6 is 0 Å². The Kier molecular flexibility index (Phi) is 7.27. The average Bonchev–Trinajstić information content (AvgIpc) is 2.60. The summed E-state index contributed by atoms with van der Waals surface area (Å²) in [5, 5.41) is 42.2. The fourth-order valence-electron chi connectivity index (χ4n) is 3.08. The van der Waals surface area contributed by atoms with Crippen molar-refractivity contribution >= 4 is 5.91 Å². The lowest BCUT2D eigenvalue weighted by Crippen LogP contribution is -2.67. The lowest BCUT2D eigenvalue weighted by Gasteiger charge is -2.46. The van der Waals surface area contributed by atoms with Gasteiger partial charge in [-0.1, -0.05) is 0 Å². The molecule has 2 saturated heterocycles. The van der Waals surface area contributed by atoms with E-state index in [1.807, 2.05) is 0 Å². The normalized spacial score (nSPS) is 46.8. The molecule has 152 valence electrons. The molecule has 10 atom stereocenters. The first kappa shape index (κ1) is 21.4. The first-order chi connectivity index (χ1) is 12.2. The Hall–Kier alpha value is -0.920. The predicted octanol–water partition coefficient (Wildman–Crippen LogP) is -2.59. The molecule has 10 nitrogen and oxygen atoms in total. The molecule has 11 heteroatoms. The van der Waals surface area contributed by atoms with Crippen molar-refractivity contribution < 1.29 is 48.6 Å². The third-order valence-electron chi connectivity index (χ3n) is 4.50. The van der Waals surface area contributed by atoms with E-state index in [0.717, 1.165) is 0 Å². The number of alkyl halides is 1. The van der Waals surface area contributed by atoms with Crippen molar-refractivity contribution in [1.29, 1.82) is 0 Å². The van der Waals surface area contributed by atoms with E-state index >= 15 is 0 Å². The molecule has 0 unspecified atom stereocenters. The molecule has 0 aliphatic carbocycles. The summed E-state index contributed by atoms with van der Waals surface area (Å²) in [4.78, 5) is 11.5. The van der Waals surface area contributed by atoms with Crippen LogP contribution < -0.4 is 5.32 Å². The monoisotopic (exact) mass is 383 g/mol. The van der Waals surface area contributed by atoms with Crippen molar-refractivity contribution in [1.82, 2.24) is 5.32 Å². The molecule has 5 N–H and O–H groups in total. The molecule has 0 radical (unpaired) electrons. The van der Waals surface area contributed by atoms with Gasteiger partial charge >= 0.3 is 0 Å². The Morgan fingerprint density at radius 2 is 1.81 bits per heavy atom. The Morgan fingerprint density at radius 1 is 1.15 bits per heavy atom. The van der Waals surface area contributed by atoms with Crippen LogP contribution in [0.5, 0.6) is 0 Å². The molecule has 2 aliphatic rings. The van der Waals surface area contributed by atoms with Crippen LogP contribution in [0, 0.1) is 0 Å². The molecule has 1 amide bonds. The minimum atomic E-state index is -1.81. The molecule has 0 spiro atoms. The van der Waals surface area contributed by atoms with Gasteiger partial charge in [0.25, 0.3) is 0 Å². The molecule has 2 fully saturated rings. The SMILES string of the molecule is CO[C@H]1O[C@H](CO)[C@@H](O)[C@H](O[C@@H]2O[C@@H](C)[C@H](F)[C@@H](O)[C@H]2O)[C@H]1NC(C)=O. The number of aliphatic hydroxyl groups is 4. The van der Waals surface area contributed by atoms with E-state index in [-0.39, 0.29) is 0 Å². The van der Waals surface area contributed by atoms with Gasteiger partial charge in [-0.3, -0.25) is 4.79 Å². The molecule has 0 saturated carbocycles. The number of halogens is 1. The van der Waals surface area contributed by atoms with E-state index in [2.05, 4.69) is 5.32 Å². The van der Waals surface area contributed by atoms with Gasteiger partial charge in [0.15, 0.2) is 18.8 Å². The summed E-state index contributed by atoms with van der Waals surface area (Å²) >= 11 is 0. The van der Waals surface area contributed by atoms with Crippen molar-refractivity contribution in [2.45, 2.75) is 75.3 Å². The van der Waals surface area contributed by atoms with E-state index in [1.165, 1.54) is 21.0 Å². The molecule has 0 aromatic rings. The second-order valence-electron chi connectivity index (χ2n) is 6.41. The lowest BCUT2D eigenvalue weighted by molar-refractivity contribution is -0.334. The molecule has 0 aromatic carbocycles. The second kappa shape index (κ2) is 8.85. The van der Waals surface area contributed by atoms with Crippen LogP contribution in [0.4, 0.5) is 4.39 Å². The standard InChI is InChI=1S/C15H26FNO9/c1-5-8(16)11(21)12(22)15(24-5)26-13-9(17-6(2)19)14(23-3)25-7(4-18)10(13)20/h5,7-15,18,20-22H,4H2,1-3H3,(H,17,19)/t5-,7+,8-,9+,10+,11+,12+,13+,14-,15-/m0/s1. The topological polar surface area (TPSA) is 147 Å². The first-order valence-electron chi connectivity index (χ1n) is 8.26. The molecular weight excluding hydrogens is 357 g/mol. The number of rotatable bonds is 5. The van der Waals surface area contributed by atoms with Gasteiger partial charge in [-0.05, 0) is 6.92 Å². The highest BCUT2D eigenvalue weighted by Crippen LogP contribution is 2.30. The van der Waals surface area contributed by atoms with Crippen molar-refractivity contribution in [3.8, 4) is 0 Å². The number of carbonyl (C=O) groups excluding carboxylic acids is 1. The summed E-state index contributed by atoms with van der Waals surface area (Å²) in [6.07, 6.45) is -12.6. The fraction of sp³-hybridized carbons (Fsp3) is 0.933. The molecule has 2 heterocycles. The quantitative estimate of drug-likeness (QED) is 0.345. The molecule has 2 aliphatic heterocycles. The number of nitrogens with one attached hydrogen (secondary N) is 1. The number of ether oxygens (including phenoxy) is 4. The molecule has 0 aromatic heterocycles. The molecule has 2 rings (SSSR count). The maximum atomic E-state index is 13.8. The number of aliphatic hydroxyl groups excluding tert-OH is 4. The Morgan fingerprint density at radius 3 is 2.35 bits per heavy atom. The number of hydrogen-bond donors (Lipinski definition) is 5. The first-order valence-corrected chi connectivity index (χ1v) is 8.26. The van der Waals surface area contributed by atoms with Gasteiger partial charge in [-0.2, -0.15) is 0 Å². The summed E-state index contributed by atoms with van der Waals surface area (Å²) in [7, 11) is 1.30. The van der Waals surface area contributed by atoms with Gasteiger partial charge in [0.1, 0.15) is 36.6 Å². The van der Waals surface area contributed by atoms with Crippen molar-refractivity contribution in [2.24, 2.45) is 0 Å². The van der Waals surface area contributed by atoms with Gasteiger partial charge in [0, 0.05) is 14.0 Å². The number of amides is 1. The van der Waals surface area contributed by atoms with Crippen LogP contribution in [0.15, 0.2) is 0 Å². The minimum Gasteiger partial charge on any atom is -0.394 e. The van der Waals surface area contributed by atoms with Crippen molar-refractivity contribution in [2.75, 3.05) is 13.7 Å². The van der Waals surface area contributed by atoms with Crippen LogP contribution in [0.25, 0.3) is 0 Å². The van der Waals surface area contributed by atoms with Gasteiger partial charge < -0.3 is 44.7 Å². The van der Waals surface area contributed by atoms with Crippen molar-refractivity contribution in [3.05, 3.63) is 0 Å². The third-order valence-corrected chi connectivity index (χ3v) is 4.50. The highest BCUT2D eigenvalue weighted by Gasteiger charge is 2.51. The molecule has 26 heavy (non-hydrogen) atoms. The largest absolute Gasteiger partial charge is 0.394 e. The zero-order valence-electron chi connectivity index (χ0n) is 14.7. The van der Waals surface area contributed by atoms with E-state index in [9.17, 15) is 29.6 Å². The van der Waals surface area contributed by atoms with Crippen molar-refractivity contribution in [3.63, 3.8) is 0 Å². The van der Waals surface area contributed by atoms with Crippen LogP contribution in [0.3, 0.4) is 0 Å². The summed E-state index contributed by atoms with van der Waals surface area (Å²) in [6.45, 7) is 2.03. The highest BCUT2D eigenvalue weighted by atomic mass is 19.1. The maximum Gasteiger partial charge on any atom is 0.217 e. The van der Waals surface area contributed by atoms with Crippen LogP contribution in [0.2, 0.25) is 0 Å². The molecular formula is C15H26FNO9. The van der Waals surface area contributed by atoms with Gasteiger partial charge in [0.2, 0.25) is 5.91 Å². The summed E-state index contributed by atoms with van der Waals surface area (Å²) in [6, 6.07) is -1.01. The minimum absolute atomic E-state index is 0.466. The van der Waals surface area contributed by atoms with E-state index in [4.69, 9.17) is 18.9 Å². The van der Waals surface area contributed by atoms with E-state index in [1.54, 1.807) is 0 Å².